The predicted octanol–water partition coefficient (Wildman–Crippen LogP) is 1.19. The summed E-state index contributed by atoms with van der Waals surface area (Å²) >= 11 is 0. The standard InChI is InChI=1S/C16H12O6/c1-10(17)21-14-9-5-3-7-12(14)16(20)22-13-8-4-2-6-11(13)15(18)19/h2-9H,1H3,(H,18,19)/p-1. The van der Waals surface area contributed by atoms with E-state index in [0.29, 0.717) is 0 Å². The number of para-hydroxylation sites is 2. The number of esters is 2. The van der Waals surface area contributed by atoms with Crippen LogP contribution < -0.4 is 14.6 Å². The number of carboxylic acids is 1. The summed E-state index contributed by atoms with van der Waals surface area (Å²) in [5.41, 5.74) is -0.244. The van der Waals surface area contributed by atoms with Crippen molar-refractivity contribution in [2.45, 2.75) is 6.92 Å². The van der Waals surface area contributed by atoms with Gasteiger partial charge in [0.05, 0.1) is 5.97 Å². The first-order valence-corrected chi connectivity index (χ1v) is 6.29. The van der Waals surface area contributed by atoms with E-state index in [0.717, 1.165) is 0 Å². The van der Waals surface area contributed by atoms with E-state index >= 15 is 0 Å². The van der Waals surface area contributed by atoms with Crippen molar-refractivity contribution in [1.29, 1.82) is 0 Å². The van der Waals surface area contributed by atoms with Gasteiger partial charge >= 0.3 is 11.9 Å². The van der Waals surface area contributed by atoms with Gasteiger partial charge in [-0.15, -0.1) is 0 Å². The molecule has 0 aliphatic rings. The van der Waals surface area contributed by atoms with Gasteiger partial charge < -0.3 is 19.4 Å². The molecule has 0 radical (unpaired) electrons. The van der Waals surface area contributed by atoms with Gasteiger partial charge in [-0.25, -0.2) is 4.79 Å². The van der Waals surface area contributed by atoms with Gasteiger partial charge in [0, 0.05) is 12.5 Å². The molecule has 0 aliphatic heterocycles. The highest BCUT2D eigenvalue weighted by Gasteiger charge is 2.17. The van der Waals surface area contributed by atoms with Crippen molar-refractivity contribution >= 4 is 17.9 Å². The van der Waals surface area contributed by atoms with E-state index in [1.807, 2.05) is 0 Å². The fourth-order valence-corrected chi connectivity index (χ4v) is 1.76. The Morgan fingerprint density at radius 2 is 1.32 bits per heavy atom. The Kier molecular flexibility index (Phi) is 4.53. The minimum atomic E-state index is -1.46. The van der Waals surface area contributed by atoms with E-state index in [1.165, 1.54) is 43.3 Å². The summed E-state index contributed by atoms with van der Waals surface area (Å²) in [6, 6.07) is 11.6. The fourth-order valence-electron chi connectivity index (χ4n) is 1.76. The van der Waals surface area contributed by atoms with Gasteiger partial charge in [0.25, 0.3) is 0 Å². The molecule has 0 bridgehead atoms. The number of hydrogen-bond acceptors (Lipinski definition) is 6. The predicted molar refractivity (Wildman–Crippen MR) is 73.5 cm³/mol. The van der Waals surface area contributed by atoms with Gasteiger partial charge in [-0.3, -0.25) is 4.79 Å². The average Bonchev–Trinajstić information content (AvgIpc) is 2.47. The maximum Gasteiger partial charge on any atom is 0.347 e. The first kappa shape index (κ1) is 15.2. The molecule has 112 valence electrons. The molecule has 22 heavy (non-hydrogen) atoms. The molecule has 0 aromatic heterocycles. The molecule has 2 aromatic carbocycles. The number of rotatable bonds is 4. The van der Waals surface area contributed by atoms with E-state index in [2.05, 4.69) is 0 Å². The SMILES string of the molecule is CC(=O)Oc1ccccc1C(=O)Oc1ccccc1C(=O)[O-]. The van der Waals surface area contributed by atoms with Crippen molar-refractivity contribution in [3.8, 4) is 11.5 Å². The summed E-state index contributed by atoms with van der Waals surface area (Å²) < 4.78 is 9.98. The third-order valence-electron chi connectivity index (χ3n) is 2.67. The van der Waals surface area contributed by atoms with Crippen LogP contribution in [-0.2, 0) is 4.79 Å². The van der Waals surface area contributed by atoms with Crippen molar-refractivity contribution in [1.82, 2.24) is 0 Å². The topological polar surface area (TPSA) is 92.7 Å². The van der Waals surface area contributed by atoms with Crippen LogP contribution in [0.2, 0.25) is 0 Å². The van der Waals surface area contributed by atoms with E-state index < -0.39 is 17.9 Å². The molecule has 2 aromatic rings. The van der Waals surface area contributed by atoms with Gasteiger partial charge in [0.2, 0.25) is 0 Å². The van der Waals surface area contributed by atoms with Crippen LogP contribution in [0.25, 0.3) is 0 Å². The Morgan fingerprint density at radius 3 is 1.86 bits per heavy atom. The minimum absolute atomic E-state index is 0.00542. The monoisotopic (exact) mass is 299 g/mol. The van der Waals surface area contributed by atoms with Crippen LogP contribution in [0.1, 0.15) is 27.6 Å². The summed E-state index contributed by atoms with van der Waals surface area (Å²) in [6.07, 6.45) is 0. The van der Waals surface area contributed by atoms with Crippen LogP contribution in [0.4, 0.5) is 0 Å². The number of carbonyl (C=O) groups excluding carboxylic acids is 3. The molecular weight excluding hydrogens is 288 g/mol. The number of benzene rings is 2. The summed E-state index contributed by atoms with van der Waals surface area (Å²) in [5.74, 6) is -3.01. The van der Waals surface area contributed by atoms with Crippen LogP contribution in [0.3, 0.4) is 0 Å². The smallest absolute Gasteiger partial charge is 0.347 e. The zero-order valence-electron chi connectivity index (χ0n) is 11.6. The third kappa shape index (κ3) is 3.49. The Morgan fingerprint density at radius 1 is 0.818 bits per heavy atom. The largest absolute Gasteiger partial charge is 0.545 e. The summed E-state index contributed by atoms with van der Waals surface area (Å²) in [7, 11) is 0. The Bertz CT molecular complexity index is 735. The van der Waals surface area contributed by atoms with Gasteiger partial charge in [-0.2, -0.15) is 0 Å². The van der Waals surface area contributed by atoms with E-state index in [-0.39, 0.29) is 22.6 Å². The zero-order valence-corrected chi connectivity index (χ0v) is 11.6. The van der Waals surface area contributed by atoms with E-state index in [9.17, 15) is 19.5 Å². The maximum absolute atomic E-state index is 12.2. The van der Waals surface area contributed by atoms with Crippen LogP contribution in [0.5, 0.6) is 11.5 Å². The van der Waals surface area contributed by atoms with Crippen molar-refractivity contribution in [3.05, 3.63) is 59.7 Å². The molecular formula is C16H11O6-. The van der Waals surface area contributed by atoms with Crippen LogP contribution in [-0.4, -0.2) is 17.9 Å². The Hall–Kier alpha value is -3.15. The molecule has 0 N–H and O–H groups in total. The second-order valence-corrected chi connectivity index (χ2v) is 4.26. The lowest BCUT2D eigenvalue weighted by atomic mass is 10.2. The van der Waals surface area contributed by atoms with Crippen molar-refractivity contribution in [3.63, 3.8) is 0 Å². The highest BCUT2D eigenvalue weighted by molar-refractivity contribution is 5.97. The van der Waals surface area contributed by atoms with Gasteiger partial charge in [-0.05, 0) is 24.3 Å². The fraction of sp³-hybridized carbons (Fsp3) is 0.0625. The van der Waals surface area contributed by atoms with Crippen molar-refractivity contribution in [2.24, 2.45) is 0 Å². The molecule has 0 saturated carbocycles. The van der Waals surface area contributed by atoms with Crippen LogP contribution in [0.15, 0.2) is 48.5 Å². The molecule has 6 nitrogen and oxygen atoms in total. The lowest BCUT2D eigenvalue weighted by Crippen LogP contribution is -2.24. The average molecular weight is 299 g/mol. The molecule has 6 heteroatoms. The first-order valence-electron chi connectivity index (χ1n) is 6.29. The second-order valence-electron chi connectivity index (χ2n) is 4.26. The number of hydrogen-bond donors (Lipinski definition) is 0. The van der Waals surface area contributed by atoms with Crippen LogP contribution in [0, 0.1) is 0 Å². The molecule has 0 spiro atoms. The first-order chi connectivity index (χ1) is 10.5. The number of aromatic carboxylic acids is 1. The number of carbonyl (C=O) groups is 3. The highest BCUT2D eigenvalue weighted by Crippen LogP contribution is 2.23. The second kappa shape index (κ2) is 6.53. The lowest BCUT2D eigenvalue weighted by molar-refractivity contribution is -0.255. The van der Waals surface area contributed by atoms with E-state index in [4.69, 9.17) is 9.47 Å². The zero-order chi connectivity index (χ0) is 16.1. The molecule has 0 atom stereocenters. The normalized spacial score (nSPS) is 9.86. The molecule has 0 heterocycles. The van der Waals surface area contributed by atoms with Crippen molar-refractivity contribution < 1.29 is 29.0 Å². The Balaban J connectivity index is 2.31. The summed E-state index contributed by atoms with van der Waals surface area (Å²) in [4.78, 5) is 34.2. The molecule has 2 rings (SSSR count). The Labute approximate surface area is 125 Å². The quantitative estimate of drug-likeness (QED) is 0.622. The lowest BCUT2D eigenvalue weighted by Gasteiger charge is -2.12. The molecule has 0 fully saturated rings. The maximum atomic E-state index is 12.2. The number of carboxylic acid groups (broad SMARTS) is 1. The van der Waals surface area contributed by atoms with Crippen molar-refractivity contribution in [2.75, 3.05) is 0 Å². The molecule has 0 aliphatic carbocycles. The van der Waals surface area contributed by atoms with Gasteiger partial charge in [0.15, 0.2) is 0 Å². The molecule has 0 unspecified atom stereocenters. The van der Waals surface area contributed by atoms with E-state index in [1.54, 1.807) is 12.1 Å². The third-order valence-corrected chi connectivity index (χ3v) is 2.67. The summed E-state index contributed by atoms with van der Waals surface area (Å²) in [6.45, 7) is 1.20. The minimum Gasteiger partial charge on any atom is -0.545 e. The molecule has 0 saturated heterocycles. The number of ether oxygens (including phenoxy) is 2. The molecule has 0 amide bonds. The van der Waals surface area contributed by atoms with Gasteiger partial charge in [-0.1, -0.05) is 24.3 Å². The van der Waals surface area contributed by atoms with Crippen LogP contribution >= 0.6 is 0 Å². The highest BCUT2D eigenvalue weighted by atomic mass is 16.5. The van der Waals surface area contributed by atoms with Gasteiger partial charge in [0.1, 0.15) is 17.1 Å². The summed E-state index contributed by atoms with van der Waals surface area (Å²) in [5, 5.41) is 11.0.